The summed E-state index contributed by atoms with van der Waals surface area (Å²) in [6, 6.07) is 0. The number of fused-ring (bicyclic) bond motifs is 1. The Hall–Kier alpha value is -0.820. The second-order valence-corrected chi connectivity index (χ2v) is 6.30. The van der Waals surface area contributed by atoms with E-state index in [1.807, 2.05) is 0 Å². The van der Waals surface area contributed by atoms with E-state index in [0.29, 0.717) is 18.9 Å². The van der Waals surface area contributed by atoms with Gasteiger partial charge in [0.15, 0.2) is 0 Å². The van der Waals surface area contributed by atoms with Crippen LogP contribution in [0.4, 0.5) is 13.2 Å². The van der Waals surface area contributed by atoms with Crippen LogP contribution in [0.15, 0.2) is 4.79 Å². The Morgan fingerprint density at radius 1 is 1.45 bits per heavy atom. The van der Waals surface area contributed by atoms with Crippen LogP contribution < -0.4 is 4.87 Å². The molecule has 0 spiro atoms. The average Bonchev–Trinajstić information content (AvgIpc) is 2.63. The van der Waals surface area contributed by atoms with Crippen molar-refractivity contribution in [3.05, 3.63) is 20.2 Å². The van der Waals surface area contributed by atoms with E-state index >= 15 is 0 Å². The van der Waals surface area contributed by atoms with Crippen molar-refractivity contribution in [1.29, 1.82) is 0 Å². The minimum absolute atomic E-state index is 0.0000728. The molecule has 1 aliphatic rings. The highest BCUT2D eigenvalue weighted by Crippen LogP contribution is 2.27. The first-order chi connectivity index (χ1) is 9.37. The molecular formula is C13H18F3NO2S. The molecule has 1 aromatic heterocycles. The summed E-state index contributed by atoms with van der Waals surface area (Å²) in [7, 11) is 0. The molecule has 0 amide bonds. The van der Waals surface area contributed by atoms with Crippen LogP contribution in [0.1, 0.15) is 30.3 Å². The Morgan fingerprint density at radius 2 is 2.20 bits per heavy atom. The van der Waals surface area contributed by atoms with Crippen molar-refractivity contribution < 1.29 is 17.9 Å². The lowest BCUT2D eigenvalue weighted by molar-refractivity contribution is -0.174. The zero-order chi connectivity index (χ0) is 14.8. The van der Waals surface area contributed by atoms with Crippen molar-refractivity contribution in [2.45, 2.75) is 45.3 Å². The molecule has 0 radical (unpaired) electrons. The molecule has 0 saturated heterocycles. The highest BCUT2D eigenvalue weighted by molar-refractivity contribution is 7.09. The minimum atomic E-state index is -4.28. The fourth-order valence-electron chi connectivity index (χ4n) is 2.45. The van der Waals surface area contributed by atoms with Crippen molar-refractivity contribution in [2.75, 3.05) is 13.2 Å². The molecule has 3 nitrogen and oxygen atoms in total. The molecule has 20 heavy (non-hydrogen) atoms. The minimum Gasteiger partial charge on any atom is -0.372 e. The highest BCUT2D eigenvalue weighted by Gasteiger charge is 2.27. The van der Waals surface area contributed by atoms with Gasteiger partial charge in [-0.2, -0.15) is 13.2 Å². The second kappa shape index (κ2) is 6.30. The maximum absolute atomic E-state index is 11.9. The van der Waals surface area contributed by atoms with Gasteiger partial charge in [-0.15, -0.1) is 0 Å². The van der Waals surface area contributed by atoms with Crippen molar-refractivity contribution in [3.63, 3.8) is 0 Å². The summed E-state index contributed by atoms with van der Waals surface area (Å²) in [4.78, 5) is 13.0. The van der Waals surface area contributed by atoms with Gasteiger partial charge in [-0.3, -0.25) is 4.79 Å². The maximum atomic E-state index is 11.9. The number of thiazole rings is 1. The predicted molar refractivity (Wildman–Crippen MR) is 71.3 cm³/mol. The Kier molecular flexibility index (Phi) is 4.90. The third-order valence-corrected chi connectivity index (χ3v) is 4.47. The number of alkyl halides is 3. The van der Waals surface area contributed by atoms with Gasteiger partial charge < -0.3 is 9.30 Å². The summed E-state index contributed by atoms with van der Waals surface area (Å²) in [5.74, 6) is 0.601. The van der Waals surface area contributed by atoms with Gasteiger partial charge in [-0.1, -0.05) is 18.3 Å². The third-order valence-electron chi connectivity index (χ3n) is 3.42. The molecule has 1 aromatic rings. The Morgan fingerprint density at radius 3 is 2.90 bits per heavy atom. The fraction of sp³-hybridized carbons (Fsp3) is 0.769. The molecule has 1 aliphatic carbocycles. The molecule has 0 saturated carbocycles. The Bertz CT molecular complexity index is 507. The second-order valence-electron chi connectivity index (χ2n) is 5.26. The number of rotatable bonds is 5. The summed E-state index contributed by atoms with van der Waals surface area (Å²) in [5.41, 5.74) is 1.08. The zero-order valence-corrected chi connectivity index (χ0v) is 12.1. The Labute approximate surface area is 119 Å². The van der Waals surface area contributed by atoms with Crippen LogP contribution >= 0.6 is 11.3 Å². The number of halogens is 3. The van der Waals surface area contributed by atoms with Crippen LogP contribution in [0.25, 0.3) is 0 Å². The zero-order valence-electron chi connectivity index (χ0n) is 11.3. The van der Waals surface area contributed by atoms with E-state index in [-0.39, 0.29) is 11.5 Å². The molecule has 0 unspecified atom stereocenters. The van der Waals surface area contributed by atoms with Gasteiger partial charge in [0.1, 0.15) is 6.61 Å². The summed E-state index contributed by atoms with van der Waals surface area (Å²) < 4.78 is 42.0. The quantitative estimate of drug-likeness (QED) is 0.783. The van der Waals surface area contributed by atoms with Crippen LogP contribution in [0, 0.1) is 5.92 Å². The van der Waals surface area contributed by atoms with Crippen LogP contribution in [0.3, 0.4) is 0 Å². The topological polar surface area (TPSA) is 31.2 Å². The average molecular weight is 309 g/mol. The maximum Gasteiger partial charge on any atom is 0.411 e. The van der Waals surface area contributed by atoms with Gasteiger partial charge in [0.2, 0.25) is 0 Å². The largest absolute Gasteiger partial charge is 0.411 e. The van der Waals surface area contributed by atoms with E-state index in [2.05, 4.69) is 11.7 Å². The van der Waals surface area contributed by atoms with E-state index < -0.39 is 12.8 Å². The third kappa shape index (κ3) is 4.09. The lowest BCUT2D eigenvalue weighted by Crippen LogP contribution is -2.21. The molecule has 0 N–H and O–H groups in total. The lowest BCUT2D eigenvalue weighted by atomic mass is 9.93. The van der Waals surface area contributed by atoms with Crippen molar-refractivity contribution >= 4 is 11.3 Å². The summed E-state index contributed by atoms with van der Waals surface area (Å²) >= 11 is 1.28. The van der Waals surface area contributed by atoms with E-state index in [9.17, 15) is 18.0 Å². The van der Waals surface area contributed by atoms with Gasteiger partial charge in [0.25, 0.3) is 0 Å². The molecule has 1 atom stereocenters. The van der Waals surface area contributed by atoms with Crippen LogP contribution in [0.2, 0.25) is 0 Å². The molecule has 2 rings (SSSR count). The van der Waals surface area contributed by atoms with E-state index in [1.54, 1.807) is 4.57 Å². The summed E-state index contributed by atoms with van der Waals surface area (Å²) in [6.07, 6.45) is -0.970. The number of hydrogen-bond acceptors (Lipinski definition) is 3. The summed E-state index contributed by atoms with van der Waals surface area (Å²) in [6.45, 7) is 1.41. The van der Waals surface area contributed by atoms with E-state index in [1.165, 1.54) is 11.3 Å². The fourth-order valence-corrected chi connectivity index (χ4v) is 3.67. The standard InChI is InChI=1S/C13H18F3NO2S/c1-9-3-4-10-11(7-9)20-12(18)17(10)5-2-6-19-8-13(14,15)16/h9H,2-8H2,1H3/t9-/m0/s1. The molecule has 0 bridgehead atoms. The highest BCUT2D eigenvalue weighted by atomic mass is 32.1. The smallest absolute Gasteiger partial charge is 0.372 e. The molecule has 1 heterocycles. The van der Waals surface area contributed by atoms with Crippen molar-refractivity contribution in [3.8, 4) is 0 Å². The predicted octanol–water partition coefficient (Wildman–Crippen LogP) is 3.00. The van der Waals surface area contributed by atoms with Crippen molar-refractivity contribution in [1.82, 2.24) is 4.57 Å². The molecule has 0 aliphatic heterocycles. The van der Waals surface area contributed by atoms with Crippen LogP contribution in [-0.4, -0.2) is 24.0 Å². The number of hydrogen-bond donors (Lipinski definition) is 0. The van der Waals surface area contributed by atoms with E-state index in [0.717, 1.165) is 29.8 Å². The molecular weight excluding hydrogens is 291 g/mol. The van der Waals surface area contributed by atoms with Gasteiger partial charge in [-0.05, 0) is 31.6 Å². The number of nitrogens with zero attached hydrogens (tertiary/aromatic N) is 1. The van der Waals surface area contributed by atoms with Crippen LogP contribution in [-0.2, 0) is 24.1 Å². The van der Waals surface area contributed by atoms with Gasteiger partial charge in [0, 0.05) is 23.7 Å². The monoisotopic (exact) mass is 309 g/mol. The van der Waals surface area contributed by atoms with Gasteiger partial charge >= 0.3 is 11.0 Å². The van der Waals surface area contributed by atoms with Gasteiger partial charge in [0.05, 0.1) is 0 Å². The molecule has 114 valence electrons. The normalized spacial score (nSPS) is 19.1. The summed E-state index contributed by atoms with van der Waals surface area (Å²) in [5, 5.41) is 0. The van der Waals surface area contributed by atoms with Crippen molar-refractivity contribution in [2.24, 2.45) is 5.92 Å². The van der Waals surface area contributed by atoms with Crippen LogP contribution in [0.5, 0.6) is 0 Å². The molecule has 0 aromatic carbocycles. The number of ether oxygens (including phenoxy) is 1. The van der Waals surface area contributed by atoms with Gasteiger partial charge in [-0.25, -0.2) is 0 Å². The molecule has 0 fully saturated rings. The Balaban J connectivity index is 1.86. The first-order valence-corrected chi connectivity index (χ1v) is 7.54. The first-order valence-electron chi connectivity index (χ1n) is 6.72. The lowest BCUT2D eigenvalue weighted by Gasteiger charge is -2.19. The number of aromatic nitrogens is 1. The first kappa shape index (κ1) is 15.6. The SMILES string of the molecule is C[C@H]1CCc2c(sc(=O)n2CCCOCC(F)(F)F)C1. The van der Waals surface area contributed by atoms with E-state index in [4.69, 9.17) is 0 Å². The molecule has 7 heteroatoms.